The molecule has 4 rings (SSSR count). The van der Waals surface area contributed by atoms with Crippen LogP contribution in [-0.4, -0.2) is 34.6 Å². The molecule has 0 amide bonds. The molecule has 6 heteroatoms. The molecule has 136 valence electrons. The molecule has 0 unspecified atom stereocenters. The van der Waals surface area contributed by atoms with Crippen molar-refractivity contribution in [2.45, 2.75) is 32.7 Å². The normalized spacial score (nSPS) is 16.9. The van der Waals surface area contributed by atoms with Crippen molar-refractivity contribution in [3.8, 4) is 5.75 Å². The number of aryl methyl sites for hydroxylation is 1. The lowest BCUT2D eigenvalue weighted by Gasteiger charge is -2.30. The highest BCUT2D eigenvalue weighted by molar-refractivity contribution is 6.49. The van der Waals surface area contributed by atoms with E-state index in [0.717, 1.165) is 49.4 Å². The monoisotopic (exact) mass is 373 g/mol. The van der Waals surface area contributed by atoms with Crippen LogP contribution >= 0.6 is 11.6 Å². The van der Waals surface area contributed by atoms with E-state index in [9.17, 15) is 4.39 Å². The molecule has 0 spiro atoms. The molecule has 26 heavy (non-hydrogen) atoms. The van der Waals surface area contributed by atoms with Crippen molar-refractivity contribution in [2.24, 2.45) is 0 Å². The molecule has 1 aromatic carbocycles. The van der Waals surface area contributed by atoms with Gasteiger partial charge in [-0.25, -0.2) is 14.4 Å². The Kier molecular flexibility index (Phi) is 4.92. The molecule has 2 aromatic rings. The Hall–Kier alpha value is -1.98. The summed E-state index contributed by atoms with van der Waals surface area (Å²) in [4.78, 5) is 11.5. The van der Waals surface area contributed by atoms with Crippen LogP contribution in [-0.2, 0) is 19.4 Å². The second-order valence-electron chi connectivity index (χ2n) is 6.82. The van der Waals surface area contributed by atoms with Crippen LogP contribution in [0.1, 0.15) is 36.0 Å². The lowest BCUT2D eigenvalue weighted by Crippen LogP contribution is -2.34. The Morgan fingerprint density at radius 2 is 2.23 bits per heavy atom. The quantitative estimate of drug-likeness (QED) is 0.812. The average molecular weight is 374 g/mol. The number of aromatic nitrogens is 2. The van der Waals surface area contributed by atoms with Crippen molar-refractivity contribution in [2.75, 3.05) is 19.7 Å². The maximum atomic E-state index is 13.5. The third-order valence-corrected chi connectivity index (χ3v) is 5.31. The Morgan fingerprint density at radius 3 is 3.08 bits per heavy atom. The summed E-state index contributed by atoms with van der Waals surface area (Å²) in [7, 11) is 0. The maximum Gasteiger partial charge on any atom is 0.128 e. The van der Waals surface area contributed by atoms with Crippen LogP contribution in [0.25, 0.3) is 5.03 Å². The van der Waals surface area contributed by atoms with Crippen molar-refractivity contribution >= 4 is 16.6 Å². The Balaban J connectivity index is 1.51. The van der Waals surface area contributed by atoms with E-state index in [0.29, 0.717) is 29.5 Å². The van der Waals surface area contributed by atoms with E-state index in [1.54, 1.807) is 6.07 Å². The van der Waals surface area contributed by atoms with Gasteiger partial charge in [0.05, 0.1) is 5.03 Å². The smallest absolute Gasteiger partial charge is 0.128 e. The summed E-state index contributed by atoms with van der Waals surface area (Å²) in [5, 5.41) is 0.603. The highest BCUT2D eigenvalue weighted by Crippen LogP contribution is 2.36. The minimum Gasteiger partial charge on any atom is -0.488 e. The van der Waals surface area contributed by atoms with Crippen LogP contribution in [0.3, 0.4) is 0 Å². The van der Waals surface area contributed by atoms with Crippen LogP contribution < -0.4 is 4.74 Å². The first-order chi connectivity index (χ1) is 12.6. The molecule has 0 atom stereocenters. The lowest BCUT2D eigenvalue weighted by molar-refractivity contribution is 0.254. The summed E-state index contributed by atoms with van der Waals surface area (Å²) in [5.74, 6) is 1.27. The summed E-state index contributed by atoms with van der Waals surface area (Å²) in [6.45, 7) is 4.99. The van der Waals surface area contributed by atoms with Gasteiger partial charge in [-0.15, -0.1) is 0 Å². The van der Waals surface area contributed by atoms with Crippen molar-refractivity contribution in [3.63, 3.8) is 0 Å². The van der Waals surface area contributed by atoms with Gasteiger partial charge in [0.25, 0.3) is 0 Å². The van der Waals surface area contributed by atoms with Crippen molar-refractivity contribution in [3.05, 3.63) is 58.4 Å². The van der Waals surface area contributed by atoms with E-state index in [4.69, 9.17) is 21.3 Å². The molecule has 3 heterocycles. The van der Waals surface area contributed by atoms with Crippen LogP contribution in [0.15, 0.2) is 30.0 Å². The standard InChI is InChI=1S/C20H21ClFN3O/c1-2-3-19-23-9-13-10-25(7-6-17(13)24-19)11-14-12-26-18-5-4-15(22)8-16(18)20(14)21/h4-5,8-9H,2-3,6-7,10-12H2,1H3. The minimum absolute atomic E-state index is 0.307. The van der Waals surface area contributed by atoms with Gasteiger partial charge in [-0.1, -0.05) is 18.5 Å². The fraction of sp³-hybridized carbons (Fsp3) is 0.400. The van der Waals surface area contributed by atoms with Gasteiger partial charge in [-0.05, 0) is 24.6 Å². The van der Waals surface area contributed by atoms with Gasteiger partial charge in [-0.3, -0.25) is 4.90 Å². The first-order valence-corrected chi connectivity index (χ1v) is 9.38. The molecule has 4 nitrogen and oxygen atoms in total. The number of ether oxygens (including phenoxy) is 1. The van der Waals surface area contributed by atoms with E-state index in [-0.39, 0.29) is 5.82 Å². The van der Waals surface area contributed by atoms with Gasteiger partial charge in [0.1, 0.15) is 24.0 Å². The molecule has 2 aliphatic rings. The van der Waals surface area contributed by atoms with Gasteiger partial charge in [0, 0.05) is 61.1 Å². The SMILES string of the molecule is CCCc1ncc2c(n1)CCN(CC1=C(Cl)c3cc(F)ccc3OC1)C2. The van der Waals surface area contributed by atoms with E-state index in [2.05, 4.69) is 16.8 Å². The topological polar surface area (TPSA) is 38.2 Å². The predicted molar refractivity (Wildman–Crippen MR) is 99.7 cm³/mol. The summed E-state index contributed by atoms with van der Waals surface area (Å²) in [6, 6.07) is 4.46. The zero-order valence-corrected chi connectivity index (χ0v) is 15.5. The second-order valence-corrected chi connectivity index (χ2v) is 7.19. The first kappa shape index (κ1) is 17.4. The number of benzene rings is 1. The summed E-state index contributed by atoms with van der Waals surface area (Å²) < 4.78 is 19.3. The molecule has 0 radical (unpaired) electrons. The molecule has 0 saturated carbocycles. The molecule has 2 aliphatic heterocycles. The van der Waals surface area contributed by atoms with Crippen LogP contribution in [0.4, 0.5) is 4.39 Å². The van der Waals surface area contributed by atoms with Crippen molar-refractivity contribution in [1.82, 2.24) is 14.9 Å². The van der Waals surface area contributed by atoms with Gasteiger partial charge in [0.2, 0.25) is 0 Å². The number of nitrogens with zero attached hydrogens (tertiary/aromatic N) is 3. The Bertz CT molecular complexity index is 868. The average Bonchev–Trinajstić information content (AvgIpc) is 2.65. The Labute approximate surface area is 157 Å². The summed E-state index contributed by atoms with van der Waals surface area (Å²) >= 11 is 6.54. The Morgan fingerprint density at radius 1 is 1.35 bits per heavy atom. The van der Waals surface area contributed by atoms with Crippen LogP contribution in [0, 0.1) is 5.82 Å². The number of halogens is 2. The summed E-state index contributed by atoms with van der Waals surface area (Å²) in [5.41, 5.74) is 3.96. The first-order valence-electron chi connectivity index (χ1n) is 9.00. The molecule has 0 N–H and O–H groups in total. The molecule has 0 bridgehead atoms. The van der Waals surface area contributed by atoms with Gasteiger partial charge in [-0.2, -0.15) is 0 Å². The predicted octanol–water partition coefficient (Wildman–Crippen LogP) is 3.97. The lowest BCUT2D eigenvalue weighted by atomic mass is 10.0. The molecule has 1 aromatic heterocycles. The van der Waals surface area contributed by atoms with E-state index < -0.39 is 0 Å². The van der Waals surface area contributed by atoms with E-state index in [1.807, 2.05) is 6.20 Å². The third kappa shape index (κ3) is 3.46. The van der Waals surface area contributed by atoms with Gasteiger partial charge < -0.3 is 4.74 Å². The molecule has 0 saturated heterocycles. The van der Waals surface area contributed by atoms with E-state index >= 15 is 0 Å². The summed E-state index contributed by atoms with van der Waals surface area (Å²) in [6.07, 6.45) is 4.84. The zero-order chi connectivity index (χ0) is 18.1. The molecular formula is C20H21ClFN3O. The van der Waals surface area contributed by atoms with E-state index in [1.165, 1.54) is 17.7 Å². The molecule has 0 fully saturated rings. The number of hydrogen-bond acceptors (Lipinski definition) is 4. The fourth-order valence-electron chi connectivity index (χ4n) is 3.50. The van der Waals surface area contributed by atoms with Crippen LogP contribution in [0.5, 0.6) is 5.75 Å². The van der Waals surface area contributed by atoms with Gasteiger partial charge in [0.15, 0.2) is 0 Å². The maximum absolute atomic E-state index is 13.5. The fourth-order valence-corrected chi connectivity index (χ4v) is 3.76. The largest absolute Gasteiger partial charge is 0.488 e. The highest BCUT2D eigenvalue weighted by atomic mass is 35.5. The van der Waals surface area contributed by atoms with Gasteiger partial charge >= 0.3 is 0 Å². The van der Waals surface area contributed by atoms with Crippen molar-refractivity contribution in [1.29, 1.82) is 0 Å². The third-order valence-electron chi connectivity index (χ3n) is 4.84. The number of fused-ring (bicyclic) bond motifs is 2. The second kappa shape index (κ2) is 7.33. The molecular weight excluding hydrogens is 353 g/mol. The number of hydrogen-bond donors (Lipinski definition) is 0. The molecule has 0 aliphatic carbocycles. The zero-order valence-electron chi connectivity index (χ0n) is 14.8. The highest BCUT2D eigenvalue weighted by Gasteiger charge is 2.24. The van der Waals surface area contributed by atoms with Crippen LogP contribution in [0.2, 0.25) is 0 Å². The number of rotatable bonds is 4. The van der Waals surface area contributed by atoms with Crippen molar-refractivity contribution < 1.29 is 9.13 Å². The minimum atomic E-state index is -0.307.